The van der Waals surface area contributed by atoms with Gasteiger partial charge in [0, 0.05) is 18.6 Å². The zero-order valence-electron chi connectivity index (χ0n) is 22.8. The number of nitrogens with one attached hydrogen (secondary N) is 2. The molecule has 3 rings (SSSR count). The van der Waals surface area contributed by atoms with Crippen LogP contribution in [0.3, 0.4) is 0 Å². The second-order valence-corrected chi connectivity index (χ2v) is 8.42. The predicted molar refractivity (Wildman–Crippen MR) is 133 cm³/mol. The van der Waals surface area contributed by atoms with Gasteiger partial charge in [-0.15, -0.1) is 0 Å². The van der Waals surface area contributed by atoms with Crippen molar-refractivity contribution < 1.29 is 72.6 Å². The van der Waals surface area contributed by atoms with E-state index in [0.29, 0.717) is 46.7 Å². The lowest BCUT2D eigenvalue weighted by Crippen LogP contribution is -3.26. The van der Waals surface area contributed by atoms with Gasteiger partial charge in [-0.05, 0) is 12.1 Å². The largest absolute Gasteiger partial charge is 1.00 e. The Labute approximate surface area is 236 Å². The normalized spacial score (nSPS) is 16.3. The highest BCUT2D eigenvalue weighted by molar-refractivity contribution is 5.91. The molecule has 2 N–H and O–H groups in total. The van der Waals surface area contributed by atoms with Gasteiger partial charge in [-0.1, -0.05) is 0 Å². The molecule has 38 heavy (non-hydrogen) atoms. The first kappa shape index (κ1) is 33.2. The minimum absolute atomic E-state index is 0. The average Bonchev–Trinajstić information content (AvgIpc) is 2.93. The molecule has 0 atom stereocenters. The molecule has 0 radical (unpaired) electrons. The quantitative estimate of drug-likeness (QED) is 0.191. The predicted octanol–water partition coefficient (Wildman–Crippen LogP) is -5.59. The maximum atomic E-state index is 12.6. The van der Waals surface area contributed by atoms with E-state index in [4.69, 9.17) is 33.2 Å². The summed E-state index contributed by atoms with van der Waals surface area (Å²) < 4.78 is 37.9. The number of carbonyl (C=O) groups excluding carboxylic acids is 1. The highest BCUT2D eigenvalue weighted by Gasteiger charge is 2.27. The molecule has 10 nitrogen and oxygen atoms in total. The van der Waals surface area contributed by atoms with Crippen LogP contribution in [0.2, 0.25) is 0 Å². The first-order valence-corrected chi connectivity index (χ1v) is 11.9. The van der Waals surface area contributed by atoms with Crippen LogP contribution in [-0.4, -0.2) is 88.0 Å². The molecule has 0 bridgehead atoms. The fourth-order valence-corrected chi connectivity index (χ4v) is 4.50. The van der Waals surface area contributed by atoms with E-state index in [1.54, 1.807) is 33.5 Å². The molecule has 1 saturated heterocycles. The second-order valence-electron chi connectivity index (χ2n) is 8.42. The summed E-state index contributed by atoms with van der Waals surface area (Å²) >= 11 is 0. The summed E-state index contributed by atoms with van der Waals surface area (Å²) in [6, 6.07) is 7.23. The number of ether oxygens (including phenoxy) is 7. The number of esters is 1. The molecule has 1 aliphatic rings. The zero-order valence-corrected chi connectivity index (χ0v) is 24.3. The summed E-state index contributed by atoms with van der Waals surface area (Å²) in [6.07, 6.45) is 0.783. The highest BCUT2D eigenvalue weighted by Crippen LogP contribution is 2.39. The van der Waals surface area contributed by atoms with E-state index in [-0.39, 0.29) is 24.8 Å². The molecule has 0 amide bonds. The van der Waals surface area contributed by atoms with Crippen LogP contribution >= 0.6 is 0 Å². The van der Waals surface area contributed by atoms with Crippen molar-refractivity contribution in [1.29, 1.82) is 0 Å². The van der Waals surface area contributed by atoms with Gasteiger partial charge >= 0.3 is 5.97 Å². The average molecular weight is 578 g/mol. The van der Waals surface area contributed by atoms with Gasteiger partial charge in [0.15, 0.2) is 23.0 Å². The molecule has 1 aliphatic heterocycles. The molecule has 0 aliphatic carbocycles. The Morgan fingerprint density at radius 3 is 1.55 bits per heavy atom. The van der Waals surface area contributed by atoms with Gasteiger partial charge in [-0.3, -0.25) is 4.90 Å². The van der Waals surface area contributed by atoms with Crippen molar-refractivity contribution in [2.45, 2.75) is 6.42 Å². The SMILES string of the molecule is COc1cc(C(=O)OCCC[NH+]2CC[NH+](c3cc(OC)c(OC)c(OC)c3)CC2)cc(OC)c1OC.[Cl-].[Cl-]. The number of hydrogen-bond donors (Lipinski definition) is 2. The number of rotatable bonds is 12. The number of carbonyl (C=O) groups is 1. The van der Waals surface area contributed by atoms with Crippen LogP contribution in [0.15, 0.2) is 24.3 Å². The maximum Gasteiger partial charge on any atom is 0.338 e. The molecule has 12 heteroatoms. The molecule has 2 aromatic carbocycles. The number of halogens is 2. The van der Waals surface area contributed by atoms with Crippen molar-refractivity contribution in [2.24, 2.45) is 0 Å². The van der Waals surface area contributed by atoms with Gasteiger partial charge in [-0.25, -0.2) is 4.79 Å². The third-order valence-corrected chi connectivity index (χ3v) is 6.44. The number of quaternary nitrogens is 2. The van der Waals surface area contributed by atoms with E-state index in [0.717, 1.165) is 44.8 Å². The van der Waals surface area contributed by atoms with Gasteiger partial charge in [0.2, 0.25) is 11.5 Å². The van der Waals surface area contributed by atoms with E-state index in [9.17, 15) is 4.79 Å². The van der Waals surface area contributed by atoms with Crippen LogP contribution in [0.4, 0.5) is 5.69 Å². The van der Waals surface area contributed by atoms with E-state index in [1.807, 2.05) is 12.1 Å². The molecular formula is C26H38Cl2N2O8. The molecule has 1 heterocycles. The fraction of sp³-hybridized carbons (Fsp3) is 0.500. The Bertz CT molecular complexity index is 982. The molecule has 0 spiro atoms. The van der Waals surface area contributed by atoms with Crippen LogP contribution in [0.5, 0.6) is 34.5 Å². The van der Waals surface area contributed by atoms with E-state index in [2.05, 4.69) is 0 Å². The molecule has 2 aromatic rings. The maximum absolute atomic E-state index is 12.6. The Balaban J connectivity index is 0.00000361. The lowest BCUT2D eigenvalue weighted by Gasteiger charge is -2.30. The summed E-state index contributed by atoms with van der Waals surface area (Å²) in [4.78, 5) is 15.4. The zero-order chi connectivity index (χ0) is 26.1. The van der Waals surface area contributed by atoms with Crippen LogP contribution in [0.25, 0.3) is 0 Å². The lowest BCUT2D eigenvalue weighted by atomic mass is 10.2. The summed E-state index contributed by atoms with van der Waals surface area (Å²) in [5.74, 6) is 2.80. The number of hydrogen-bond acceptors (Lipinski definition) is 8. The molecule has 214 valence electrons. The van der Waals surface area contributed by atoms with Crippen molar-refractivity contribution in [1.82, 2.24) is 0 Å². The van der Waals surface area contributed by atoms with E-state index < -0.39 is 5.97 Å². The van der Waals surface area contributed by atoms with E-state index >= 15 is 0 Å². The highest BCUT2D eigenvalue weighted by atomic mass is 35.5. The van der Waals surface area contributed by atoms with Gasteiger partial charge in [0.25, 0.3) is 0 Å². The summed E-state index contributed by atoms with van der Waals surface area (Å²) in [6.45, 7) is 5.30. The van der Waals surface area contributed by atoms with Gasteiger partial charge in [0.1, 0.15) is 31.9 Å². The van der Waals surface area contributed by atoms with Crippen LogP contribution in [0.1, 0.15) is 16.8 Å². The smallest absolute Gasteiger partial charge is 0.338 e. The molecule has 0 aromatic heterocycles. The van der Waals surface area contributed by atoms with E-state index in [1.165, 1.54) is 31.1 Å². The third-order valence-electron chi connectivity index (χ3n) is 6.44. The Hall–Kier alpha value is -2.79. The standard InChI is InChI=1S/C26H36N2O8.2ClH/c1-30-20-14-18(15-21(31-2)24(20)34-5)26(29)36-13-7-8-27-9-11-28(12-10-27)19-16-22(32-3)25(35-6)23(17-19)33-4;;/h14-17H,7-13H2,1-6H3;2*1H. The van der Waals surface area contributed by atoms with Crippen LogP contribution in [0, 0.1) is 0 Å². The fourth-order valence-electron chi connectivity index (χ4n) is 4.50. The number of piperazine rings is 1. The Morgan fingerprint density at radius 2 is 1.13 bits per heavy atom. The summed E-state index contributed by atoms with van der Waals surface area (Å²) in [5.41, 5.74) is 1.49. The van der Waals surface area contributed by atoms with Crippen molar-refractivity contribution in [2.75, 3.05) is 82.0 Å². The van der Waals surface area contributed by atoms with Gasteiger partial charge < -0.3 is 62.9 Å². The molecule has 1 fully saturated rings. The minimum Gasteiger partial charge on any atom is -1.00 e. The van der Waals surface area contributed by atoms with Gasteiger partial charge in [-0.2, -0.15) is 0 Å². The number of methoxy groups -OCH3 is 6. The van der Waals surface area contributed by atoms with Gasteiger partial charge in [0.05, 0.1) is 61.4 Å². The van der Waals surface area contributed by atoms with Crippen molar-refractivity contribution in [3.05, 3.63) is 29.8 Å². The molecular weight excluding hydrogens is 539 g/mol. The van der Waals surface area contributed by atoms with Crippen molar-refractivity contribution in [3.8, 4) is 34.5 Å². The molecule has 0 saturated carbocycles. The Morgan fingerprint density at radius 1 is 0.684 bits per heavy atom. The van der Waals surface area contributed by atoms with Crippen molar-refractivity contribution in [3.63, 3.8) is 0 Å². The topological polar surface area (TPSA) is 90.6 Å². The monoisotopic (exact) mass is 576 g/mol. The molecule has 0 unspecified atom stereocenters. The minimum atomic E-state index is -0.416. The first-order chi connectivity index (χ1) is 17.5. The number of benzene rings is 2. The van der Waals surface area contributed by atoms with Crippen LogP contribution < -0.4 is 63.0 Å². The second kappa shape index (κ2) is 16.2. The first-order valence-electron chi connectivity index (χ1n) is 11.9. The Kier molecular flexibility index (Phi) is 14.2. The lowest BCUT2D eigenvalue weighted by molar-refractivity contribution is -0.986. The summed E-state index contributed by atoms with van der Waals surface area (Å²) in [5, 5.41) is 0. The third kappa shape index (κ3) is 7.86. The van der Waals surface area contributed by atoms with Crippen LogP contribution in [-0.2, 0) is 4.74 Å². The summed E-state index contributed by atoms with van der Waals surface area (Å²) in [7, 11) is 9.42. The van der Waals surface area contributed by atoms with Crippen molar-refractivity contribution >= 4 is 11.7 Å².